The van der Waals surface area contributed by atoms with E-state index in [9.17, 15) is 8.42 Å². The van der Waals surface area contributed by atoms with Gasteiger partial charge < -0.3 is 15.8 Å². The first-order valence-electron chi connectivity index (χ1n) is 7.89. The Bertz CT molecular complexity index is 663. The monoisotopic (exact) mass is 467 g/mol. The van der Waals surface area contributed by atoms with Crippen molar-refractivity contribution in [2.75, 3.05) is 37.1 Å². The smallest absolute Gasteiger partial charge is 0.193 e. The molecule has 0 fully saturated rings. The normalized spacial score (nSPS) is 14.6. The molecule has 1 aromatic rings. The van der Waals surface area contributed by atoms with Gasteiger partial charge in [0.05, 0.1) is 25.5 Å². The third-order valence-electron chi connectivity index (χ3n) is 3.77. The van der Waals surface area contributed by atoms with E-state index >= 15 is 0 Å². The number of hydrogen-bond acceptors (Lipinski definition) is 4. The van der Waals surface area contributed by atoms with Crippen molar-refractivity contribution in [1.29, 1.82) is 0 Å². The van der Waals surface area contributed by atoms with E-state index in [1.54, 1.807) is 0 Å². The van der Waals surface area contributed by atoms with Crippen LogP contribution in [-0.2, 0) is 27.4 Å². The number of ether oxygens (including phenoxy) is 1. The molecule has 0 amide bonds. The van der Waals surface area contributed by atoms with E-state index < -0.39 is 9.84 Å². The molecular formula is C16H26IN3O3S. The van der Waals surface area contributed by atoms with Gasteiger partial charge in [0.2, 0.25) is 0 Å². The summed E-state index contributed by atoms with van der Waals surface area (Å²) in [5.41, 5.74) is 9.66. The summed E-state index contributed by atoms with van der Waals surface area (Å²) in [4.78, 5) is 4.21. The molecule has 3 N–H and O–H groups in total. The number of nitrogens with zero attached hydrogens (tertiary/aromatic N) is 1. The first-order chi connectivity index (χ1) is 11.0. The quantitative estimate of drug-likeness (QED) is 0.277. The first-order valence-corrected chi connectivity index (χ1v) is 9.95. The lowest BCUT2D eigenvalue weighted by Crippen LogP contribution is -2.25. The number of anilines is 1. The highest BCUT2D eigenvalue weighted by Gasteiger charge is 2.12. The zero-order valence-electron chi connectivity index (χ0n) is 14.0. The Hall–Kier alpha value is -0.870. The average Bonchev–Trinajstić information content (AvgIpc) is 2.50. The highest BCUT2D eigenvalue weighted by molar-refractivity contribution is 14.0. The van der Waals surface area contributed by atoms with E-state index in [1.807, 2.05) is 12.1 Å². The minimum absolute atomic E-state index is 0. The van der Waals surface area contributed by atoms with Gasteiger partial charge in [0.15, 0.2) is 5.96 Å². The molecule has 1 aromatic carbocycles. The molecule has 0 heterocycles. The van der Waals surface area contributed by atoms with E-state index in [4.69, 9.17) is 10.5 Å². The predicted molar refractivity (Wildman–Crippen MR) is 109 cm³/mol. The van der Waals surface area contributed by atoms with Crippen molar-refractivity contribution in [1.82, 2.24) is 0 Å². The molecular weight excluding hydrogens is 441 g/mol. The maximum atomic E-state index is 11.0. The molecule has 136 valence electrons. The van der Waals surface area contributed by atoms with Crippen LogP contribution in [0.15, 0.2) is 23.2 Å². The third-order valence-corrected chi connectivity index (χ3v) is 4.68. The van der Waals surface area contributed by atoms with Crippen LogP contribution in [0.2, 0.25) is 0 Å². The Labute approximate surface area is 161 Å². The van der Waals surface area contributed by atoms with E-state index in [1.165, 1.54) is 30.2 Å². The first kappa shape index (κ1) is 21.2. The number of nitrogens with two attached hydrogens (primary N) is 1. The summed E-state index contributed by atoms with van der Waals surface area (Å²) in [6.07, 6.45) is 5.83. The molecule has 0 saturated carbocycles. The molecule has 0 saturated heterocycles. The van der Waals surface area contributed by atoms with Crippen molar-refractivity contribution in [2.24, 2.45) is 10.7 Å². The Morgan fingerprint density at radius 2 is 2.04 bits per heavy atom. The van der Waals surface area contributed by atoms with Gasteiger partial charge in [-0.05, 0) is 42.9 Å². The number of hydrogen-bond donors (Lipinski definition) is 2. The van der Waals surface area contributed by atoms with Crippen molar-refractivity contribution >= 4 is 45.5 Å². The van der Waals surface area contributed by atoms with Crippen LogP contribution in [0.25, 0.3) is 0 Å². The standard InChI is InChI=1S/C16H25N3O3S.HI/c1-23(20,21)12-11-22-10-9-18-16(17)19-15-8-4-6-13-5-2-3-7-14(13)15;/h4,6,8H,2-3,5,7,9-12H2,1H3,(H3,17,18,19);1H. The molecule has 0 atom stereocenters. The van der Waals surface area contributed by atoms with Gasteiger partial charge in [-0.15, -0.1) is 24.0 Å². The van der Waals surface area contributed by atoms with Crippen molar-refractivity contribution in [3.63, 3.8) is 0 Å². The fourth-order valence-corrected chi connectivity index (χ4v) is 3.04. The highest BCUT2D eigenvalue weighted by Crippen LogP contribution is 2.27. The zero-order chi connectivity index (χ0) is 16.7. The molecule has 0 unspecified atom stereocenters. The maximum absolute atomic E-state index is 11.0. The molecule has 0 radical (unpaired) electrons. The summed E-state index contributed by atoms with van der Waals surface area (Å²) in [5.74, 6) is 0.385. The lowest BCUT2D eigenvalue weighted by molar-refractivity contribution is 0.157. The van der Waals surface area contributed by atoms with Crippen molar-refractivity contribution in [3.05, 3.63) is 29.3 Å². The Kier molecular flexibility index (Phi) is 8.99. The van der Waals surface area contributed by atoms with E-state index in [-0.39, 0.29) is 36.3 Å². The molecule has 8 heteroatoms. The van der Waals surface area contributed by atoms with Gasteiger partial charge in [0.1, 0.15) is 9.84 Å². The summed E-state index contributed by atoms with van der Waals surface area (Å²) >= 11 is 0. The lowest BCUT2D eigenvalue weighted by Gasteiger charge is -2.19. The number of aryl methyl sites for hydroxylation is 1. The van der Waals surface area contributed by atoms with Gasteiger partial charge in [-0.3, -0.25) is 4.99 Å². The van der Waals surface area contributed by atoms with Gasteiger partial charge in [-0.2, -0.15) is 0 Å². The molecule has 0 aromatic heterocycles. The Morgan fingerprint density at radius 3 is 2.79 bits per heavy atom. The van der Waals surface area contributed by atoms with Crippen LogP contribution < -0.4 is 11.1 Å². The summed E-state index contributed by atoms with van der Waals surface area (Å²) in [5, 5.41) is 3.16. The highest BCUT2D eigenvalue weighted by atomic mass is 127. The molecule has 0 spiro atoms. The number of sulfone groups is 1. The number of rotatable bonds is 7. The third kappa shape index (κ3) is 7.35. The number of halogens is 1. The second-order valence-corrected chi connectivity index (χ2v) is 8.04. The summed E-state index contributed by atoms with van der Waals surface area (Å²) < 4.78 is 27.1. The van der Waals surface area contributed by atoms with Crippen molar-refractivity contribution in [3.8, 4) is 0 Å². The lowest BCUT2D eigenvalue weighted by atomic mass is 9.90. The fourth-order valence-electron chi connectivity index (χ4n) is 2.62. The molecule has 1 aliphatic rings. The van der Waals surface area contributed by atoms with Crippen LogP contribution in [0.3, 0.4) is 0 Å². The van der Waals surface area contributed by atoms with Gasteiger partial charge in [0.25, 0.3) is 0 Å². The van der Waals surface area contributed by atoms with Crippen LogP contribution in [0.1, 0.15) is 24.0 Å². The minimum atomic E-state index is -2.98. The molecule has 0 bridgehead atoms. The van der Waals surface area contributed by atoms with Gasteiger partial charge in [-0.1, -0.05) is 12.1 Å². The van der Waals surface area contributed by atoms with Gasteiger partial charge in [0, 0.05) is 11.9 Å². The van der Waals surface area contributed by atoms with Crippen LogP contribution in [0, 0.1) is 0 Å². The minimum Gasteiger partial charge on any atom is -0.378 e. The summed E-state index contributed by atoms with van der Waals surface area (Å²) in [6, 6.07) is 6.23. The number of fused-ring (bicyclic) bond motifs is 1. The van der Waals surface area contributed by atoms with E-state index in [0.717, 1.165) is 18.5 Å². The molecule has 1 aliphatic carbocycles. The Balaban J connectivity index is 0.00000288. The van der Waals surface area contributed by atoms with E-state index in [2.05, 4.69) is 16.4 Å². The number of benzene rings is 1. The maximum Gasteiger partial charge on any atom is 0.193 e. The number of guanidine groups is 1. The van der Waals surface area contributed by atoms with Gasteiger partial charge >= 0.3 is 0 Å². The molecule has 6 nitrogen and oxygen atoms in total. The average molecular weight is 467 g/mol. The second-order valence-electron chi connectivity index (χ2n) is 5.78. The predicted octanol–water partition coefficient (Wildman–Crippen LogP) is 1.97. The largest absolute Gasteiger partial charge is 0.378 e. The topological polar surface area (TPSA) is 93.8 Å². The van der Waals surface area contributed by atoms with Crippen LogP contribution >= 0.6 is 24.0 Å². The van der Waals surface area contributed by atoms with Gasteiger partial charge in [-0.25, -0.2) is 8.42 Å². The summed E-state index contributed by atoms with van der Waals surface area (Å²) in [6.45, 7) is 0.941. The van der Waals surface area contributed by atoms with Crippen molar-refractivity contribution in [2.45, 2.75) is 25.7 Å². The Morgan fingerprint density at radius 1 is 1.29 bits per heavy atom. The summed E-state index contributed by atoms with van der Waals surface area (Å²) in [7, 11) is -2.98. The van der Waals surface area contributed by atoms with Crippen LogP contribution in [0.4, 0.5) is 5.69 Å². The van der Waals surface area contributed by atoms with Crippen LogP contribution in [0.5, 0.6) is 0 Å². The number of nitrogens with one attached hydrogen (secondary N) is 1. The zero-order valence-corrected chi connectivity index (χ0v) is 17.1. The van der Waals surface area contributed by atoms with E-state index in [0.29, 0.717) is 19.1 Å². The van der Waals surface area contributed by atoms with Crippen molar-refractivity contribution < 1.29 is 13.2 Å². The number of aliphatic imine (C=N–C) groups is 1. The van der Waals surface area contributed by atoms with Crippen LogP contribution in [-0.4, -0.2) is 46.1 Å². The molecule has 2 rings (SSSR count). The molecule has 0 aliphatic heterocycles. The fraction of sp³-hybridized carbons (Fsp3) is 0.562. The SMILES string of the molecule is CS(=O)(=O)CCOCCN=C(N)Nc1cccc2c1CCCC2.I. The molecule has 24 heavy (non-hydrogen) atoms. The second kappa shape index (κ2) is 10.2.